The maximum absolute atomic E-state index is 13.5. The summed E-state index contributed by atoms with van der Waals surface area (Å²) in [6.45, 7) is 2.49. The third kappa shape index (κ3) is 4.73. The second-order valence-electron chi connectivity index (χ2n) is 8.99. The monoisotopic (exact) mass is 469 g/mol. The molecule has 5 rings (SSSR count). The third-order valence-electron chi connectivity index (χ3n) is 6.52. The SMILES string of the molecule is Cc1ccc(C2C3C(=O)N(Cc4ccccc4)C(=O)C3ON2CC(=O)NCc2ccccc2)cc1. The number of benzene rings is 3. The maximum atomic E-state index is 13.5. The number of likely N-dealkylation sites (tertiary alicyclic amines) is 1. The van der Waals surface area contributed by atoms with Gasteiger partial charge in [0, 0.05) is 6.54 Å². The number of fused-ring (bicyclic) bond motifs is 1. The number of hydrogen-bond donors (Lipinski definition) is 1. The van der Waals surface area contributed by atoms with E-state index in [4.69, 9.17) is 4.84 Å². The smallest absolute Gasteiger partial charge is 0.261 e. The van der Waals surface area contributed by atoms with Crippen LogP contribution in [0, 0.1) is 12.8 Å². The zero-order chi connectivity index (χ0) is 24.4. The van der Waals surface area contributed by atoms with Crippen LogP contribution in [0.25, 0.3) is 0 Å². The topological polar surface area (TPSA) is 79.0 Å². The van der Waals surface area contributed by atoms with Gasteiger partial charge in [-0.25, -0.2) is 0 Å². The zero-order valence-electron chi connectivity index (χ0n) is 19.5. The molecule has 0 radical (unpaired) electrons. The van der Waals surface area contributed by atoms with E-state index in [0.29, 0.717) is 6.54 Å². The number of hydrogen-bond acceptors (Lipinski definition) is 5. The largest absolute Gasteiger partial charge is 0.351 e. The molecule has 0 bridgehead atoms. The van der Waals surface area contributed by atoms with Crippen molar-refractivity contribution < 1.29 is 19.2 Å². The van der Waals surface area contributed by atoms with Crippen LogP contribution in [0.5, 0.6) is 0 Å². The number of carbonyl (C=O) groups is 3. The van der Waals surface area contributed by atoms with Gasteiger partial charge in [0.05, 0.1) is 18.5 Å². The first-order valence-electron chi connectivity index (χ1n) is 11.7. The number of hydroxylamine groups is 2. The Kier molecular flexibility index (Phi) is 6.44. The van der Waals surface area contributed by atoms with Crippen LogP contribution >= 0.6 is 0 Å². The number of aryl methyl sites for hydroxylation is 1. The molecule has 3 amide bonds. The van der Waals surface area contributed by atoms with Crippen molar-refractivity contribution in [2.45, 2.75) is 32.2 Å². The van der Waals surface area contributed by atoms with Crippen molar-refractivity contribution in [2.24, 2.45) is 5.92 Å². The number of carbonyl (C=O) groups excluding carboxylic acids is 3. The predicted octanol–water partition coefficient (Wildman–Crippen LogP) is 3.15. The van der Waals surface area contributed by atoms with E-state index in [1.165, 1.54) is 9.96 Å². The first kappa shape index (κ1) is 23.0. The number of nitrogens with one attached hydrogen (secondary N) is 1. The van der Waals surface area contributed by atoms with Gasteiger partial charge in [0.15, 0.2) is 6.10 Å². The van der Waals surface area contributed by atoms with Gasteiger partial charge in [-0.3, -0.25) is 24.1 Å². The Morgan fingerprint density at radius 1 is 0.857 bits per heavy atom. The van der Waals surface area contributed by atoms with Crippen molar-refractivity contribution >= 4 is 17.7 Å². The number of imide groups is 1. The Hall–Kier alpha value is -3.81. The Labute approximate surface area is 204 Å². The van der Waals surface area contributed by atoms with Crippen molar-refractivity contribution in [1.29, 1.82) is 0 Å². The summed E-state index contributed by atoms with van der Waals surface area (Å²) in [6.07, 6.45) is -0.945. The summed E-state index contributed by atoms with van der Waals surface area (Å²) in [5.74, 6) is -1.60. The summed E-state index contributed by atoms with van der Waals surface area (Å²) < 4.78 is 0. The van der Waals surface area contributed by atoms with Crippen molar-refractivity contribution in [3.05, 3.63) is 107 Å². The molecule has 3 unspecified atom stereocenters. The van der Waals surface area contributed by atoms with E-state index in [9.17, 15) is 14.4 Å². The van der Waals surface area contributed by atoms with Crippen LogP contribution in [0.2, 0.25) is 0 Å². The second-order valence-corrected chi connectivity index (χ2v) is 8.99. The van der Waals surface area contributed by atoms with Crippen molar-refractivity contribution in [3.8, 4) is 0 Å². The summed E-state index contributed by atoms with van der Waals surface area (Å²) in [4.78, 5) is 46.8. The van der Waals surface area contributed by atoms with E-state index in [1.54, 1.807) is 0 Å². The molecular weight excluding hydrogens is 442 g/mol. The molecule has 2 fully saturated rings. The maximum Gasteiger partial charge on any atom is 0.261 e. The first-order chi connectivity index (χ1) is 17.0. The average Bonchev–Trinajstić information content (AvgIpc) is 3.35. The molecule has 0 aliphatic carbocycles. The van der Waals surface area contributed by atoms with Gasteiger partial charge in [-0.05, 0) is 23.6 Å². The fraction of sp³-hybridized carbons (Fsp3) is 0.250. The van der Waals surface area contributed by atoms with Crippen LogP contribution < -0.4 is 5.32 Å². The lowest BCUT2D eigenvalue weighted by Gasteiger charge is -2.27. The van der Waals surface area contributed by atoms with E-state index in [2.05, 4.69) is 5.32 Å². The molecule has 7 heteroatoms. The lowest BCUT2D eigenvalue weighted by Crippen LogP contribution is -2.40. The van der Waals surface area contributed by atoms with Crippen LogP contribution in [-0.4, -0.2) is 40.3 Å². The molecule has 1 N–H and O–H groups in total. The van der Waals surface area contributed by atoms with Crippen LogP contribution in [0.4, 0.5) is 0 Å². The van der Waals surface area contributed by atoms with Gasteiger partial charge < -0.3 is 5.32 Å². The highest BCUT2D eigenvalue weighted by molar-refractivity contribution is 6.07. The van der Waals surface area contributed by atoms with E-state index < -0.39 is 18.1 Å². The molecule has 2 aliphatic rings. The quantitative estimate of drug-likeness (QED) is 0.538. The fourth-order valence-corrected chi connectivity index (χ4v) is 4.72. The number of amides is 3. The molecule has 0 saturated carbocycles. The lowest BCUT2D eigenvalue weighted by molar-refractivity contribution is -0.182. The molecule has 3 aromatic rings. The van der Waals surface area contributed by atoms with Crippen LogP contribution in [-0.2, 0) is 32.3 Å². The molecule has 0 aromatic heterocycles. The highest BCUT2D eigenvalue weighted by Crippen LogP contribution is 2.44. The Morgan fingerprint density at radius 2 is 1.49 bits per heavy atom. The van der Waals surface area contributed by atoms with Crippen LogP contribution in [0.1, 0.15) is 28.3 Å². The van der Waals surface area contributed by atoms with Gasteiger partial charge in [0.2, 0.25) is 11.8 Å². The van der Waals surface area contributed by atoms with Crippen LogP contribution in [0.3, 0.4) is 0 Å². The summed E-state index contributed by atoms with van der Waals surface area (Å²) in [5, 5.41) is 4.39. The minimum Gasteiger partial charge on any atom is -0.351 e. The zero-order valence-corrected chi connectivity index (χ0v) is 19.5. The molecule has 2 saturated heterocycles. The van der Waals surface area contributed by atoms with Crippen molar-refractivity contribution in [1.82, 2.24) is 15.3 Å². The normalized spacial score (nSPS) is 21.9. The summed E-state index contributed by atoms with van der Waals surface area (Å²) in [6, 6.07) is 26.3. The fourth-order valence-electron chi connectivity index (χ4n) is 4.72. The van der Waals surface area contributed by atoms with Gasteiger partial charge in [-0.2, -0.15) is 5.06 Å². The average molecular weight is 470 g/mol. The van der Waals surface area contributed by atoms with Gasteiger partial charge in [0.25, 0.3) is 5.91 Å². The summed E-state index contributed by atoms with van der Waals surface area (Å²) >= 11 is 0. The molecule has 0 spiro atoms. The standard InChI is InChI=1S/C28H27N3O4/c1-19-12-14-22(15-13-19)25-24-26(28(34)30(27(24)33)17-21-10-6-3-7-11-21)35-31(25)18-23(32)29-16-20-8-4-2-5-9-20/h2-15,24-26H,16-18H2,1H3,(H,29,32). The lowest BCUT2D eigenvalue weighted by atomic mass is 9.90. The molecule has 3 atom stereocenters. The molecule has 2 heterocycles. The molecule has 2 aliphatic heterocycles. The Balaban J connectivity index is 1.36. The Bertz CT molecular complexity index is 1210. The predicted molar refractivity (Wildman–Crippen MR) is 129 cm³/mol. The van der Waals surface area contributed by atoms with Gasteiger partial charge in [-0.1, -0.05) is 90.5 Å². The minimum absolute atomic E-state index is 0.0857. The van der Waals surface area contributed by atoms with E-state index >= 15 is 0 Å². The van der Waals surface area contributed by atoms with Crippen molar-refractivity contribution in [2.75, 3.05) is 6.54 Å². The molecule has 178 valence electrons. The van der Waals surface area contributed by atoms with Gasteiger partial charge in [0.1, 0.15) is 6.54 Å². The molecular formula is C28H27N3O4. The Morgan fingerprint density at radius 3 is 2.14 bits per heavy atom. The second kappa shape index (κ2) is 9.82. The molecule has 7 nitrogen and oxygen atoms in total. The number of rotatable bonds is 7. The highest BCUT2D eigenvalue weighted by Gasteiger charge is 2.59. The minimum atomic E-state index is -0.945. The highest BCUT2D eigenvalue weighted by atomic mass is 16.7. The number of nitrogens with zero attached hydrogens (tertiary/aromatic N) is 2. The van der Waals surface area contributed by atoms with E-state index in [-0.39, 0.29) is 30.8 Å². The molecule has 3 aromatic carbocycles. The van der Waals surface area contributed by atoms with Crippen molar-refractivity contribution in [3.63, 3.8) is 0 Å². The van der Waals surface area contributed by atoms with Crippen LogP contribution in [0.15, 0.2) is 84.9 Å². The molecule has 35 heavy (non-hydrogen) atoms. The summed E-state index contributed by atoms with van der Waals surface area (Å²) in [5.41, 5.74) is 3.77. The van der Waals surface area contributed by atoms with E-state index in [1.807, 2.05) is 91.9 Å². The van der Waals surface area contributed by atoms with Gasteiger partial charge in [-0.15, -0.1) is 0 Å². The summed E-state index contributed by atoms with van der Waals surface area (Å²) in [7, 11) is 0. The third-order valence-corrected chi connectivity index (χ3v) is 6.52. The van der Waals surface area contributed by atoms with Gasteiger partial charge >= 0.3 is 0 Å². The van der Waals surface area contributed by atoms with E-state index in [0.717, 1.165) is 22.3 Å². The first-order valence-corrected chi connectivity index (χ1v) is 11.7.